The molecule has 0 N–H and O–H groups in total. The number of ether oxygens (including phenoxy) is 1. The monoisotopic (exact) mass is 272 g/mol. The number of aromatic nitrogens is 2. The van der Waals surface area contributed by atoms with Crippen molar-refractivity contribution in [2.75, 3.05) is 0 Å². The fourth-order valence-electron chi connectivity index (χ4n) is 2.07. The summed E-state index contributed by atoms with van der Waals surface area (Å²) in [5.41, 5.74) is 2.29. The second kappa shape index (κ2) is 5.12. The molecule has 0 bridgehead atoms. The summed E-state index contributed by atoms with van der Waals surface area (Å²) in [7, 11) is 0. The van der Waals surface area contributed by atoms with E-state index in [0.29, 0.717) is 0 Å². The van der Waals surface area contributed by atoms with Gasteiger partial charge in [-0.1, -0.05) is 12.1 Å². The van der Waals surface area contributed by atoms with Crippen LogP contribution in [-0.2, 0) is 0 Å². The number of carbonyl (C=O) groups excluding carboxylic acids is 1. The molecule has 2 rings (SSSR count). The molecule has 1 aromatic carbocycles. The van der Waals surface area contributed by atoms with Crippen molar-refractivity contribution in [2.45, 2.75) is 40.2 Å². The fourth-order valence-corrected chi connectivity index (χ4v) is 2.07. The normalized spacial score (nSPS) is 11.4. The highest BCUT2D eigenvalue weighted by atomic mass is 16.5. The molecular formula is C16H20N2O2. The van der Waals surface area contributed by atoms with E-state index in [-0.39, 0.29) is 5.91 Å². The minimum absolute atomic E-state index is 0.143. The van der Waals surface area contributed by atoms with E-state index in [9.17, 15) is 4.79 Å². The van der Waals surface area contributed by atoms with Gasteiger partial charge in [-0.25, -0.2) is 4.98 Å². The predicted molar refractivity (Wildman–Crippen MR) is 78.2 cm³/mol. The number of rotatable bonds is 3. The highest BCUT2D eigenvalue weighted by molar-refractivity contribution is 5.87. The van der Waals surface area contributed by atoms with Gasteiger partial charge in [-0.3, -0.25) is 9.36 Å². The topological polar surface area (TPSA) is 44.1 Å². The number of hydrogen-bond acceptors (Lipinski definition) is 3. The molecule has 0 aliphatic carbocycles. The molecule has 4 heteroatoms. The molecule has 1 heterocycles. The van der Waals surface area contributed by atoms with E-state index in [1.165, 1.54) is 10.9 Å². The van der Waals surface area contributed by atoms with Crippen molar-refractivity contribution in [1.29, 1.82) is 0 Å². The Morgan fingerprint density at radius 3 is 2.45 bits per heavy atom. The summed E-state index contributed by atoms with van der Waals surface area (Å²) in [6.45, 7) is 9.58. The maximum absolute atomic E-state index is 12.4. The molecule has 4 nitrogen and oxygen atoms in total. The maximum Gasteiger partial charge on any atom is 0.275 e. The zero-order valence-electron chi connectivity index (χ0n) is 12.6. The molecule has 0 saturated heterocycles. The summed E-state index contributed by atoms with van der Waals surface area (Å²) in [5.74, 6) is 0.638. The van der Waals surface area contributed by atoms with Crippen LogP contribution in [-0.4, -0.2) is 21.1 Å². The predicted octanol–water partition coefficient (Wildman–Crippen LogP) is 3.31. The van der Waals surface area contributed by atoms with E-state index in [0.717, 1.165) is 22.4 Å². The Kier molecular flexibility index (Phi) is 3.66. The zero-order chi connectivity index (χ0) is 14.9. The Labute approximate surface area is 119 Å². The van der Waals surface area contributed by atoms with Gasteiger partial charge in [0.25, 0.3) is 5.91 Å². The minimum Gasteiger partial charge on any atom is -0.477 e. The molecule has 0 atom stereocenters. The molecule has 0 amide bonds. The van der Waals surface area contributed by atoms with Crippen LogP contribution in [0.5, 0.6) is 5.75 Å². The highest BCUT2D eigenvalue weighted by Crippen LogP contribution is 2.29. The van der Waals surface area contributed by atoms with Crippen molar-refractivity contribution in [3.8, 4) is 5.75 Å². The fraction of sp³-hybridized carbons (Fsp3) is 0.375. The van der Waals surface area contributed by atoms with Gasteiger partial charge >= 0.3 is 0 Å². The van der Waals surface area contributed by atoms with Crippen LogP contribution in [0.4, 0.5) is 0 Å². The first-order valence-electron chi connectivity index (χ1n) is 6.61. The van der Waals surface area contributed by atoms with E-state index in [1.807, 2.05) is 26.8 Å². The number of aryl methyl sites for hydroxylation is 2. The molecule has 0 fully saturated rings. The van der Waals surface area contributed by atoms with Gasteiger partial charge in [-0.15, -0.1) is 0 Å². The third-order valence-electron chi connectivity index (χ3n) is 3.48. The van der Waals surface area contributed by atoms with Crippen molar-refractivity contribution >= 4 is 5.91 Å². The van der Waals surface area contributed by atoms with Crippen LogP contribution in [0.15, 0.2) is 30.9 Å². The van der Waals surface area contributed by atoms with Crippen molar-refractivity contribution in [3.05, 3.63) is 47.5 Å². The lowest BCUT2D eigenvalue weighted by molar-refractivity contribution is 0.0483. The number of hydrogen-bond donors (Lipinski definition) is 0. The zero-order valence-corrected chi connectivity index (χ0v) is 12.6. The average Bonchev–Trinajstić information content (AvgIpc) is 2.92. The molecule has 0 saturated carbocycles. The van der Waals surface area contributed by atoms with Gasteiger partial charge in [-0.2, -0.15) is 0 Å². The van der Waals surface area contributed by atoms with Crippen molar-refractivity contribution in [2.24, 2.45) is 0 Å². The third-order valence-corrected chi connectivity index (χ3v) is 3.48. The Morgan fingerprint density at radius 1 is 1.20 bits per heavy atom. The number of benzene rings is 1. The van der Waals surface area contributed by atoms with Gasteiger partial charge in [0, 0.05) is 12.4 Å². The molecule has 0 spiro atoms. The van der Waals surface area contributed by atoms with Crippen LogP contribution < -0.4 is 4.74 Å². The lowest BCUT2D eigenvalue weighted by Crippen LogP contribution is -2.41. The Hall–Kier alpha value is -2.10. The standard InChI is InChI=1S/C16H20N2O2/c1-11-6-7-12(2)14(13(11)3)20-16(4,5)15(19)18-9-8-17-10-18/h6-10H,1-5H3. The summed E-state index contributed by atoms with van der Waals surface area (Å²) in [5, 5.41) is 0. The maximum atomic E-state index is 12.4. The molecule has 0 aliphatic heterocycles. The molecule has 106 valence electrons. The molecule has 0 unspecified atom stereocenters. The first-order chi connectivity index (χ1) is 9.33. The van der Waals surface area contributed by atoms with Crippen molar-refractivity contribution < 1.29 is 9.53 Å². The van der Waals surface area contributed by atoms with E-state index >= 15 is 0 Å². The number of nitrogens with zero attached hydrogens (tertiary/aromatic N) is 2. The van der Waals surface area contributed by atoms with Crippen LogP contribution in [0.1, 0.15) is 35.3 Å². The summed E-state index contributed by atoms with van der Waals surface area (Å²) in [6, 6.07) is 4.07. The smallest absolute Gasteiger partial charge is 0.275 e. The van der Waals surface area contributed by atoms with Gasteiger partial charge in [0.2, 0.25) is 0 Å². The highest BCUT2D eigenvalue weighted by Gasteiger charge is 2.32. The first-order valence-corrected chi connectivity index (χ1v) is 6.61. The van der Waals surface area contributed by atoms with Gasteiger partial charge < -0.3 is 4.74 Å². The molecule has 0 aliphatic rings. The molecular weight excluding hydrogens is 252 g/mol. The lowest BCUT2D eigenvalue weighted by Gasteiger charge is -2.27. The summed E-state index contributed by atoms with van der Waals surface area (Å²) >= 11 is 0. The van der Waals surface area contributed by atoms with Crippen molar-refractivity contribution in [3.63, 3.8) is 0 Å². The van der Waals surface area contributed by atoms with E-state index in [2.05, 4.69) is 11.1 Å². The minimum atomic E-state index is -0.954. The van der Waals surface area contributed by atoms with Crippen LogP contribution in [0, 0.1) is 20.8 Å². The molecule has 1 aromatic heterocycles. The van der Waals surface area contributed by atoms with Crippen LogP contribution >= 0.6 is 0 Å². The van der Waals surface area contributed by atoms with E-state index < -0.39 is 5.60 Å². The second-order valence-electron chi connectivity index (χ2n) is 5.54. The van der Waals surface area contributed by atoms with Crippen LogP contribution in [0.3, 0.4) is 0 Å². The second-order valence-corrected chi connectivity index (χ2v) is 5.54. The first kappa shape index (κ1) is 14.3. The van der Waals surface area contributed by atoms with Crippen LogP contribution in [0.2, 0.25) is 0 Å². The molecule has 2 aromatic rings. The Balaban J connectivity index is 2.34. The quantitative estimate of drug-likeness (QED) is 0.861. The summed E-state index contributed by atoms with van der Waals surface area (Å²) in [4.78, 5) is 16.3. The lowest BCUT2D eigenvalue weighted by atomic mass is 10.0. The van der Waals surface area contributed by atoms with E-state index in [1.54, 1.807) is 26.2 Å². The average molecular weight is 272 g/mol. The third kappa shape index (κ3) is 2.59. The number of carbonyl (C=O) groups is 1. The molecule has 20 heavy (non-hydrogen) atoms. The number of imidazole rings is 1. The van der Waals surface area contributed by atoms with Gasteiger partial charge in [0.1, 0.15) is 12.1 Å². The largest absolute Gasteiger partial charge is 0.477 e. The molecule has 0 radical (unpaired) electrons. The van der Waals surface area contributed by atoms with E-state index in [4.69, 9.17) is 4.74 Å². The summed E-state index contributed by atoms with van der Waals surface area (Å²) in [6.07, 6.45) is 4.70. The van der Waals surface area contributed by atoms with Gasteiger partial charge in [0.15, 0.2) is 5.60 Å². The Bertz CT molecular complexity index is 628. The van der Waals surface area contributed by atoms with Crippen LogP contribution in [0.25, 0.3) is 0 Å². The Morgan fingerprint density at radius 2 is 1.85 bits per heavy atom. The van der Waals surface area contributed by atoms with Gasteiger partial charge in [0.05, 0.1) is 0 Å². The SMILES string of the molecule is Cc1ccc(C)c(OC(C)(C)C(=O)n2ccnc2)c1C. The van der Waals surface area contributed by atoms with Gasteiger partial charge in [-0.05, 0) is 51.3 Å². The van der Waals surface area contributed by atoms with Crippen molar-refractivity contribution in [1.82, 2.24) is 9.55 Å². The summed E-state index contributed by atoms with van der Waals surface area (Å²) < 4.78 is 7.48.